The number of urea groups is 1. The maximum Gasteiger partial charge on any atom is 0.332 e. The number of rotatable bonds is 6. The number of nitrogens with one attached hydrogen (secondary N) is 2. The van der Waals surface area contributed by atoms with Gasteiger partial charge in [0.1, 0.15) is 17.8 Å². The molecule has 0 radical (unpaired) electrons. The molecule has 1 unspecified atom stereocenters. The fraction of sp³-hybridized carbons (Fsp3) is 0.171. The number of ether oxygens (including phenoxy) is 1. The normalized spacial score (nSPS) is 17.6. The van der Waals surface area contributed by atoms with E-state index < -0.39 is 24.0 Å². The maximum atomic E-state index is 14.3. The third kappa shape index (κ3) is 4.34. The monoisotopic (exact) mass is 570 g/mol. The largest absolute Gasteiger partial charge is 0.497 e. The zero-order chi connectivity index (χ0) is 29.7. The van der Waals surface area contributed by atoms with Crippen LogP contribution in [0.3, 0.4) is 0 Å². The molecular weight excluding hydrogens is 540 g/mol. The molecule has 1 aromatic heterocycles. The van der Waals surface area contributed by atoms with Crippen molar-refractivity contribution in [1.82, 2.24) is 9.88 Å². The zero-order valence-corrected chi connectivity index (χ0v) is 23.8. The number of anilines is 2. The van der Waals surface area contributed by atoms with Crippen molar-refractivity contribution in [2.24, 2.45) is 0 Å². The van der Waals surface area contributed by atoms with E-state index in [1.54, 1.807) is 36.3 Å². The number of aryl methyl sites for hydroxylation is 1. The van der Waals surface area contributed by atoms with Gasteiger partial charge >= 0.3 is 6.03 Å². The summed E-state index contributed by atoms with van der Waals surface area (Å²) in [5, 5.41) is 3.95. The molecule has 0 bridgehead atoms. The number of para-hydroxylation sites is 2. The molecule has 4 amide bonds. The van der Waals surface area contributed by atoms with Gasteiger partial charge in [-0.1, -0.05) is 61.5 Å². The van der Waals surface area contributed by atoms with E-state index in [2.05, 4.69) is 17.2 Å². The van der Waals surface area contributed by atoms with E-state index in [9.17, 15) is 14.4 Å². The van der Waals surface area contributed by atoms with Crippen LogP contribution in [0.1, 0.15) is 45.7 Å². The van der Waals surface area contributed by atoms with Crippen molar-refractivity contribution in [1.29, 1.82) is 0 Å². The number of carbonyl (C=O) groups excluding carboxylic acids is 3. The van der Waals surface area contributed by atoms with Gasteiger partial charge in [0.15, 0.2) is 0 Å². The topological polar surface area (TPSA) is 94.7 Å². The second-order valence-corrected chi connectivity index (χ2v) is 10.8. The van der Waals surface area contributed by atoms with E-state index in [1.807, 2.05) is 72.8 Å². The fourth-order valence-electron chi connectivity index (χ4n) is 6.31. The molecule has 0 aliphatic carbocycles. The van der Waals surface area contributed by atoms with E-state index in [4.69, 9.17) is 4.74 Å². The molecule has 2 atom stereocenters. The number of hydrogen-bond donors (Lipinski definition) is 2. The number of aromatic amines is 1. The van der Waals surface area contributed by atoms with Crippen LogP contribution < -0.4 is 15.0 Å². The smallest absolute Gasteiger partial charge is 0.332 e. The Morgan fingerprint density at radius 2 is 1.65 bits per heavy atom. The van der Waals surface area contributed by atoms with Gasteiger partial charge in [-0.2, -0.15) is 0 Å². The van der Waals surface area contributed by atoms with Crippen LogP contribution in [0.25, 0.3) is 10.9 Å². The standard InChI is InChI=1S/C35H30N4O4/c1-3-21-12-16-23(17-13-21)36-33(40)26-9-5-7-11-29(26)39-34(41)30-20-27-25-8-4-6-10-28(25)37-31(27)32(38(30)35(39)42)22-14-18-24(43-2)19-15-22/h4-19,30,32,37H,3,20H2,1-2H3,(H,36,40)/t30-,32?/m0/s1. The minimum atomic E-state index is -0.732. The zero-order valence-electron chi connectivity index (χ0n) is 23.8. The highest BCUT2D eigenvalue weighted by Gasteiger charge is 2.53. The second kappa shape index (κ2) is 10.5. The first kappa shape index (κ1) is 26.5. The van der Waals surface area contributed by atoms with Crippen LogP contribution in [-0.4, -0.2) is 40.9 Å². The van der Waals surface area contributed by atoms with Crippen molar-refractivity contribution in [2.75, 3.05) is 17.3 Å². The van der Waals surface area contributed by atoms with Gasteiger partial charge < -0.3 is 15.0 Å². The van der Waals surface area contributed by atoms with Crippen LogP contribution in [0.15, 0.2) is 97.1 Å². The van der Waals surface area contributed by atoms with E-state index in [-0.39, 0.29) is 17.2 Å². The maximum absolute atomic E-state index is 14.3. The van der Waals surface area contributed by atoms with Crippen LogP contribution in [-0.2, 0) is 17.6 Å². The Bertz CT molecular complexity index is 1880. The van der Waals surface area contributed by atoms with Crippen LogP contribution in [0.5, 0.6) is 5.75 Å². The third-order valence-corrected chi connectivity index (χ3v) is 8.49. The Morgan fingerprint density at radius 3 is 2.40 bits per heavy atom. The highest BCUT2D eigenvalue weighted by molar-refractivity contribution is 6.24. The molecule has 0 saturated carbocycles. The molecule has 8 heteroatoms. The Balaban J connectivity index is 1.29. The van der Waals surface area contributed by atoms with Crippen LogP contribution in [0.2, 0.25) is 0 Å². The number of imide groups is 1. The molecule has 1 saturated heterocycles. The Kier molecular flexibility index (Phi) is 6.46. The van der Waals surface area contributed by atoms with Gasteiger partial charge in [0, 0.05) is 28.7 Å². The molecule has 43 heavy (non-hydrogen) atoms. The first-order valence-electron chi connectivity index (χ1n) is 14.4. The highest BCUT2D eigenvalue weighted by Crippen LogP contribution is 2.45. The molecule has 2 N–H and O–H groups in total. The van der Waals surface area contributed by atoms with E-state index in [1.165, 1.54) is 4.90 Å². The number of nitrogens with zero attached hydrogens (tertiary/aromatic N) is 2. The van der Waals surface area contributed by atoms with E-state index >= 15 is 0 Å². The number of H-pyrrole nitrogens is 1. The Morgan fingerprint density at radius 1 is 0.930 bits per heavy atom. The van der Waals surface area contributed by atoms with E-state index in [0.717, 1.165) is 39.7 Å². The van der Waals surface area contributed by atoms with Crippen LogP contribution in [0.4, 0.5) is 16.2 Å². The van der Waals surface area contributed by atoms with Crippen LogP contribution >= 0.6 is 0 Å². The second-order valence-electron chi connectivity index (χ2n) is 10.8. The van der Waals surface area contributed by atoms with Crippen molar-refractivity contribution in [3.05, 3.63) is 125 Å². The summed E-state index contributed by atoms with van der Waals surface area (Å²) < 4.78 is 5.37. The number of methoxy groups -OCH3 is 1. The van der Waals surface area contributed by atoms with Gasteiger partial charge in [-0.05, 0) is 65.6 Å². The van der Waals surface area contributed by atoms with Crippen molar-refractivity contribution < 1.29 is 19.1 Å². The molecule has 7 rings (SSSR count). The number of benzene rings is 4. The average Bonchev–Trinajstić information content (AvgIpc) is 3.54. The number of fused-ring (bicyclic) bond motifs is 4. The lowest BCUT2D eigenvalue weighted by Gasteiger charge is -2.36. The third-order valence-electron chi connectivity index (χ3n) is 8.49. The first-order chi connectivity index (χ1) is 21.0. The summed E-state index contributed by atoms with van der Waals surface area (Å²) in [4.78, 5) is 48.4. The lowest BCUT2D eigenvalue weighted by molar-refractivity contribution is -0.120. The summed E-state index contributed by atoms with van der Waals surface area (Å²) in [6, 6.07) is 28.2. The summed E-state index contributed by atoms with van der Waals surface area (Å²) in [7, 11) is 1.61. The van der Waals surface area contributed by atoms with Crippen molar-refractivity contribution >= 4 is 40.1 Å². The Hall–Kier alpha value is -5.37. The fourth-order valence-corrected chi connectivity index (χ4v) is 6.31. The average molecular weight is 571 g/mol. The summed E-state index contributed by atoms with van der Waals surface area (Å²) >= 11 is 0. The predicted octanol–water partition coefficient (Wildman–Crippen LogP) is 6.47. The SMILES string of the molecule is CCc1ccc(NC(=O)c2ccccc2N2C(=O)[C@@H]3Cc4c([nH]c5ccccc45)C(c4ccc(OC)cc4)N3C2=O)cc1. The van der Waals surface area contributed by atoms with Gasteiger partial charge in [-0.25, -0.2) is 9.69 Å². The molecular formula is C35H30N4O4. The molecule has 2 aliphatic heterocycles. The summed E-state index contributed by atoms with van der Waals surface area (Å²) in [6.07, 6.45) is 1.26. The molecule has 4 aromatic carbocycles. The number of carbonyl (C=O) groups is 3. The molecule has 2 aliphatic rings. The van der Waals surface area contributed by atoms with Crippen molar-refractivity contribution in [3.8, 4) is 5.75 Å². The number of amides is 4. The minimum Gasteiger partial charge on any atom is -0.497 e. The minimum absolute atomic E-state index is 0.244. The van der Waals surface area contributed by atoms with Gasteiger partial charge in [0.2, 0.25) is 0 Å². The lowest BCUT2D eigenvalue weighted by Crippen LogP contribution is -2.44. The molecule has 3 heterocycles. The number of aromatic nitrogens is 1. The highest BCUT2D eigenvalue weighted by atomic mass is 16.5. The molecule has 0 spiro atoms. The quantitative estimate of drug-likeness (QED) is 0.229. The van der Waals surface area contributed by atoms with Crippen molar-refractivity contribution in [2.45, 2.75) is 31.8 Å². The van der Waals surface area contributed by atoms with Gasteiger partial charge in [0.25, 0.3) is 11.8 Å². The lowest BCUT2D eigenvalue weighted by atomic mass is 9.89. The molecule has 8 nitrogen and oxygen atoms in total. The first-order valence-corrected chi connectivity index (χ1v) is 14.4. The van der Waals surface area contributed by atoms with Crippen molar-refractivity contribution in [3.63, 3.8) is 0 Å². The molecule has 1 fully saturated rings. The molecule has 5 aromatic rings. The Labute approximate surface area is 248 Å². The predicted molar refractivity (Wildman–Crippen MR) is 166 cm³/mol. The number of hydrogen-bond acceptors (Lipinski definition) is 4. The molecule has 214 valence electrons. The summed E-state index contributed by atoms with van der Waals surface area (Å²) in [5.41, 5.74) is 6.01. The van der Waals surface area contributed by atoms with E-state index in [0.29, 0.717) is 17.9 Å². The summed E-state index contributed by atoms with van der Waals surface area (Å²) in [5.74, 6) is -0.0528. The van der Waals surface area contributed by atoms with Gasteiger partial charge in [-0.3, -0.25) is 14.5 Å². The van der Waals surface area contributed by atoms with Crippen LogP contribution in [0, 0.1) is 0 Å². The van der Waals surface area contributed by atoms with Gasteiger partial charge in [0.05, 0.1) is 18.4 Å². The van der Waals surface area contributed by atoms with Gasteiger partial charge in [-0.15, -0.1) is 0 Å². The summed E-state index contributed by atoms with van der Waals surface area (Å²) in [6.45, 7) is 2.07.